The van der Waals surface area contributed by atoms with Crippen molar-refractivity contribution in [2.75, 3.05) is 0 Å². The van der Waals surface area contributed by atoms with E-state index in [0.717, 1.165) is 5.57 Å². The van der Waals surface area contributed by atoms with Crippen LogP contribution in [0.15, 0.2) is 61.9 Å². The minimum Gasteiger partial charge on any atom is -0.322 e. The van der Waals surface area contributed by atoms with Gasteiger partial charge in [-0.1, -0.05) is 38.5 Å². The lowest BCUT2D eigenvalue weighted by molar-refractivity contribution is -0.115. The van der Waals surface area contributed by atoms with Gasteiger partial charge in [-0.2, -0.15) is 0 Å². The zero-order valence-electron chi connectivity index (χ0n) is 7.55. The zero-order chi connectivity index (χ0) is 10.3. The maximum absolute atomic E-state index is 10.9. The van der Waals surface area contributed by atoms with Gasteiger partial charge in [-0.25, -0.2) is 0 Å². The molecule has 0 aliphatic rings. The Morgan fingerprint density at radius 2 is 1.46 bits per heavy atom. The molecule has 0 spiro atoms. The van der Waals surface area contributed by atoms with Crippen LogP contribution < -0.4 is 5.32 Å². The summed E-state index contributed by atoms with van der Waals surface area (Å²) in [5.41, 5.74) is 1.31. The molecule has 0 saturated heterocycles. The molecule has 0 aliphatic heterocycles. The van der Waals surface area contributed by atoms with Crippen LogP contribution in [0.5, 0.6) is 0 Å². The molecule has 1 N–H and O–H groups in total. The largest absolute Gasteiger partial charge is 0.322 e. The minimum atomic E-state index is -0.281. The molecule has 0 bridgehead atoms. The third kappa shape index (κ3) is 3.38. The smallest absolute Gasteiger partial charge is 0.247 e. The van der Waals surface area contributed by atoms with Gasteiger partial charge in [0.05, 0.1) is 0 Å². The molecule has 13 heavy (non-hydrogen) atoms. The predicted molar refractivity (Wildman–Crippen MR) is 56.0 cm³/mol. The van der Waals surface area contributed by atoms with Gasteiger partial charge in [0.25, 0.3) is 0 Å². The van der Waals surface area contributed by atoms with Crippen LogP contribution in [0, 0.1) is 0 Å². The molecule has 0 heterocycles. The summed E-state index contributed by atoms with van der Waals surface area (Å²) in [4.78, 5) is 10.9. The van der Waals surface area contributed by atoms with Crippen molar-refractivity contribution in [2.45, 2.75) is 0 Å². The zero-order valence-corrected chi connectivity index (χ0v) is 7.55. The van der Waals surface area contributed by atoms with Gasteiger partial charge < -0.3 is 5.32 Å². The van der Waals surface area contributed by atoms with Crippen molar-refractivity contribution < 1.29 is 4.79 Å². The van der Waals surface area contributed by atoms with Gasteiger partial charge in [-0.3, -0.25) is 4.79 Å². The fourth-order valence-corrected chi connectivity index (χ4v) is 0.728. The predicted octanol–water partition coefficient (Wildman–Crippen LogP) is 2.10. The second-order valence-electron chi connectivity index (χ2n) is 2.17. The molecule has 0 radical (unpaired) electrons. The highest BCUT2D eigenvalue weighted by Gasteiger charge is 1.99. The molecule has 0 atom stereocenters. The first kappa shape index (κ1) is 11.2. The van der Waals surface area contributed by atoms with Crippen molar-refractivity contribution in [2.24, 2.45) is 0 Å². The summed E-state index contributed by atoms with van der Waals surface area (Å²) in [6, 6.07) is 0. The van der Waals surface area contributed by atoms with E-state index in [0.29, 0.717) is 5.70 Å². The van der Waals surface area contributed by atoms with Crippen LogP contribution in [-0.2, 0) is 4.79 Å². The number of hydrogen-bond donors (Lipinski definition) is 1. The van der Waals surface area contributed by atoms with Gasteiger partial charge in [-0.05, 0) is 17.7 Å². The maximum Gasteiger partial charge on any atom is 0.247 e. The number of nitrogens with one attached hydrogen (secondary N) is 1. The fourth-order valence-electron chi connectivity index (χ4n) is 0.728. The molecule has 1 amide bonds. The Bertz CT molecular complexity index is 274. The second kappa shape index (κ2) is 5.77. The Labute approximate surface area is 78.7 Å². The number of carbonyl (C=O) groups excluding carboxylic acids is 1. The van der Waals surface area contributed by atoms with Crippen LogP contribution >= 0.6 is 0 Å². The summed E-state index contributed by atoms with van der Waals surface area (Å²) in [5, 5.41) is 2.58. The topological polar surface area (TPSA) is 29.1 Å². The van der Waals surface area contributed by atoms with Crippen LogP contribution in [-0.4, -0.2) is 5.91 Å². The van der Waals surface area contributed by atoms with E-state index >= 15 is 0 Å². The van der Waals surface area contributed by atoms with Crippen LogP contribution in [0.1, 0.15) is 0 Å². The number of allylic oxidation sites excluding steroid dienone is 4. The van der Waals surface area contributed by atoms with Crippen molar-refractivity contribution in [1.82, 2.24) is 5.32 Å². The molecule has 0 saturated carbocycles. The molecule has 0 aliphatic carbocycles. The second-order valence-corrected chi connectivity index (χ2v) is 2.17. The molecule has 0 aromatic heterocycles. The average Bonchev–Trinajstić information content (AvgIpc) is 2.17. The Morgan fingerprint density at radius 1 is 0.923 bits per heavy atom. The standard InChI is InChI=1S/C11H13NO/c1-5-9(6-2)10(7-3)12-11(13)8-4/h5-8H,1-4H2,(H,12,13). The molecule has 0 aromatic rings. The molecule has 2 nitrogen and oxygen atoms in total. The SMILES string of the molecule is C=CC(=O)NC(C=C)=C(C=C)C=C. The third-order valence-corrected chi connectivity index (χ3v) is 1.40. The Morgan fingerprint density at radius 3 is 1.77 bits per heavy atom. The van der Waals surface area contributed by atoms with E-state index in [1.54, 1.807) is 12.2 Å². The first-order valence-corrected chi connectivity index (χ1v) is 3.74. The molecule has 0 fully saturated rings. The molecule has 68 valence electrons. The number of carbonyl (C=O) groups is 1. The third-order valence-electron chi connectivity index (χ3n) is 1.40. The monoisotopic (exact) mass is 175 g/mol. The van der Waals surface area contributed by atoms with E-state index < -0.39 is 0 Å². The highest BCUT2D eigenvalue weighted by molar-refractivity contribution is 5.88. The van der Waals surface area contributed by atoms with Crippen molar-refractivity contribution in [3.8, 4) is 0 Å². The van der Waals surface area contributed by atoms with E-state index in [1.165, 1.54) is 12.2 Å². The van der Waals surface area contributed by atoms with E-state index in [-0.39, 0.29) is 5.91 Å². The Balaban J connectivity index is 4.85. The fraction of sp³-hybridized carbons (Fsp3) is 0. The summed E-state index contributed by atoms with van der Waals surface area (Å²) in [6.45, 7) is 14.1. The van der Waals surface area contributed by atoms with Gasteiger partial charge in [-0.15, -0.1) is 0 Å². The number of hydrogen-bond acceptors (Lipinski definition) is 1. The van der Waals surface area contributed by atoms with Gasteiger partial charge in [0.1, 0.15) is 0 Å². The van der Waals surface area contributed by atoms with Crippen LogP contribution in [0.4, 0.5) is 0 Å². The Kier molecular flexibility index (Phi) is 4.96. The molecule has 0 rings (SSSR count). The summed E-state index contributed by atoms with van der Waals surface area (Å²) in [5.74, 6) is -0.281. The molecular formula is C11H13NO. The van der Waals surface area contributed by atoms with Crippen molar-refractivity contribution >= 4 is 5.91 Å². The van der Waals surface area contributed by atoms with Crippen LogP contribution in [0.2, 0.25) is 0 Å². The Hall–Kier alpha value is -1.83. The van der Waals surface area contributed by atoms with Gasteiger partial charge in [0.15, 0.2) is 0 Å². The van der Waals surface area contributed by atoms with Crippen LogP contribution in [0.3, 0.4) is 0 Å². The van der Waals surface area contributed by atoms with Crippen molar-refractivity contribution in [3.05, 3.63) is 61.9 Å². The highest BCUT2D eigenvalue weighted by atomic mass is 16.1. The summed E-state index contributed by atoms with van der Waals surface area (Å²) >= 11 is 0. The lowest BCUT2D eigenvalue weighted by Gasteiger charge is -2.05. The van der Waals surface area contributed by atoms with Gasteiger partial charge >= 0.3 is 0 Å². The quantitative estimate of drug-likeness (QED) is 0.503. The van der Waals surface area contributed by atoms with E-state index in [1.807, 2.05) is 0 Å². The van der Waals surface area contributed by atoms with Gasteiger partial charge in [0, 0.05) is 5.70 Å². The normalized spacial score (nSPS) is 8.00. The average molecular weight is 175 g/mol. The van der Waals surface area contributed by atoms with Gasteiger partial charge in [0.2, 0.25) is 5.91 Å². The lowest BCUT2D eigenvalue weighted by atomic mass is 10.2. The molecule has 0 aromatic carbocycles. The van der Waals surface area contributed by atoms with Crippen molar-refractivity contribution in [1.29, 1.82) is 0 Å². The first-order chi connectivity index (χ1) is 6.19. The van der Waals surface area contributed by atoms with E-state index in [2.05, 4.69) is 31.6 Å². The van der Waals surface area contributed by atoms with Crippen LogP contribution in [0.25, 0.3) is 0 Å². The first-order valence-electron chi connectivity index (χ1n) is 3.74. The van der Waals surface area contributed by atoms with E-state index in [4.69, 9.17) is 0 Å². The van der Waals surface area contributed by atoms with E-state index in [9.17, 15) is 4.79 Å². The number of amides is 1. The lowest BCUT2D eigenvalue weighted by Crippen LogP contribution is -2.19. The minimum absolute atomic E-state index is 0.281. The summed E-state index contributed by atoms with van der Waals surface area (Å²) < 4.78 is 0. The highest BCUT2D eigenvalue weighted by Crippen LogP contribution is 2.04. The summed E-state index contributed by atoms with van der Waals surface area (Å²) in [6.07, 6.45) is 5.90. The summed E-state index contributed by atoms with van der Waals surface area (Å²) in [7, 11) is 0. The number of rotatable bonds is 5. The molecule has 2 heteroatoms. The molecule has 0 unspecified atom stereocenters. The maximum atomic E-state index is 10.9. The molecular weight excluding hydrogens is 162 g/mol. The van der Waals surface area contributed by atoms with Crippen molar-refractivity contribution in [3.63, 3.8) is 0 Å².